The van der Waals surface area contributed by atoms with Crippen LogP contribution in [0.25, 0.3) is 0 Å². The van der Waals surface area contributed by atoms with Crippen LogP contribution in [0.15, 0.2) is 82.8 Å². The van der Waals surface area contributed by atoms with E-state index in [9.17, 15) is 13.2 Å². The van der Waals surface area contributed by atoms with E-state index in [0.29, 0.717) is 17.8 Å². The van der Waals surface area contributed by atoms with E-state index in [-0.39, 0.29) is 16.8 Å². The largest absolute Gasteiger partial charge is 0.497 e. The molecule has 0 fully saturated rings. The van der Waals surface area contributed by atoms with Crippen molar-refractivity contribution in [1.29, 1.82) is 0 Å². The van der Waals surface area contributed by atoms with E-state index in [1.165, 1.54) is 36.2 Å². The van der Waals surface area contributed by atoms with Crippen molar-refractivity contribution >= 4 is 33.0 Å². The first kappa shape index (κ1) is 22.3. The van der Waals surface area contributed by atoms with E-state index >= 15 is 0 Å². The maximum absolute atomic E-state index is 12.6. The quantitative estimate of drug-likeness (QED) is 0.539. The smallest absolute Gasteiger partial charge is 0.261 e. The van der Waals surface area contributed by atoms with Crippen LogP contribution in [0.5, 0.6) is 5.75 Å². The number of hydrazone groups is 1. The van der Waals surface area contributed by atoms with Crippen molar-refractivity contribution in [3.05, 3.63) is 83.9 Å². The molecule has 1 heterocycles. The van der Waals surface area contributed by atoms with Gasteiger partial charge in [-0.1, -0.05) is 24.3 Å². The first-order chi connectivity index (χ1) is 15.8. The number of nitrogens with zero attached hydrogens (tertiary/aromatic N) is 2. The number of carbonyl (C=O) groups excluding carboxylic acids is 1. The molecule has 1 aliphatic heterocycles. The topological polar surface area (TPSA) is 114 Å². The van der Waals surface area contributed by atoms with Crippen molar-refractivity contribution in [3.8, 4) is 5.75 Å². The Kier molecular flexibility index (Phi) is 6.06. The minimum atomic E-state index is -3.73. The van der Waals surface area contributed by atoms with Gasteiger partial charge in [0.1, 0.15) is 5.75 Å². The molecule has 8 nitrogen and oxygen atoms in total. The van der Waals surface area contributed by atoms with E-state index in [4.69, 9.17) is 10.5 Å². The second-order valence-corrected chi connectivity index (χ2v) is 9.34. The molecule has 0 aliphatic carbocycles. The van der Waals surface area contributed by atoms with Gasteiger partial charge >= 0.3 is 0 Å². The molecule has 170 valence electrons. The standard InChI is InChI=1S/C24H24N4O4S/c1-16(29)28-24(18-5-11-21(32-2)12-6-18)15-23(26-28)17-3-9-20(10-4-17)27-33(30,31)22-13-7-19(25)8-14-22/h3-14,24,27H,15,25H2,1-2H3/t24-/m0/s1. The highest BCUT2D eigenvalue weighted by atomic mass is 32.2. The van der Waals surface area contributed by atoms with E-state index in [1.807, 2.05) is 24.3 Å². The molecular weight excluding hydrogens is 440 g/mol. The molecule has 9 heteroatoms. The first-order valence-corrected chi connectivity index (χ1v) is 11.7. The number of ether oxygens (including phenoxy) is 1. The van der Waals surface area contributed by atoms with E-state index in [1.54, 1.807) is 31.4 Å². The molecule has 0 saturated heterocycles. The number of benzene rings is 3. The fourth-order valence-corrected chi connectivity index (χ4v) is 4.71. The van der Waals surface area contributed by atoms with Gasteiger partial charge in [-0.2, -0.15) is 5.10 Å². The normalized spacial score (nSPS) is 15.8. The van der Waals surface area contributed by atoms with E-state index in [0.717, 1.165) is 22.6 Å². The Balaban J connectivity index is 1.52. The summed E-state index contributed by atoms with van der Waals surface area (Å²) >= 11 is 0. The SMILES string of the molecule is COc1ccc([C@@H]2CC(c3ccc(NS(=O)(=O)c4ccc(N)cc4)cc3)=NN2C(C)=O)cc1. The summed E-state index contributed by atoms with van der Waals surface area (Å²) < 4.78 is 32.9. The van der Waals surface area contributed by atoms with Crippen LogP contribution in [0.2, 0.25) is 0 Å². The van der Waals surface area contributed by atoms with Gasteiger partial charge in [0.2, 0.25) is 5.91 Å². The number of rotatable bonds is 6. The van der Waals surface area contributed by atoms with Crippen molar-refractivity contribution in [2.45, 2.75) is 24.3 Å². The molecule has 33 heavy (non-hydrogen) atoms. The number of anilines is 2. The van der Waals surface area contributed by atoms with Gasteiger partial charge in [0.25, 0.3) is 10.0 Å². The lowest BCUT2D eigenvalue weighted by Crippen LogP contribution is -2.24. The second kappa shape index (κ2) is 8.95. The number of amides is 1. The molecule has 0 aromatic heterocycles. The zero-order chi connectivity index (χ0) is 23.6. The minimum Gasteiger partial charge on any atom is -0.497 e. The van der Waals surface area contributed by atoms with Gasteiger partial charge in [0.15, 0.2) is 0 Å². The van der Waals surface area contributed by atoms with Crippen LogP contribution in [0.3, 0.4) is 0 Å². The summed E-state index contributed by atoms with van der Waals surface area (Å²) in [6, 6.07) is 20.2. The number of methoxy groups -OCH3 is 1. The summed E-state index contributed by atoms with van der Waals surface area (Å²) in [5.41, 5.74) is 9.06. The average molecular weight is 465 g/mol. The fraction of sp³-hybridized carbons (Fsp3) is 0.167. The Hall–Kier alpha value is -3.85. The Labute approximate surface area is 192 Å². The Bertz CT molecular complexity index is 1290. The average Bonchev–Trinajstić information content (AvgIpc) is 3.25. The molecule has 0 radical (unpaired) electrons. The van der Waals surface area contributed by atoms with Gasteiger partial charge in [-0.05, 0) is 59.7 Å². The highest BCUT2D eigenvalue weighted by molar-refractivity contribution is 7.92. The summed E-state index contributed by atoms with van der Waals surface area (Å²) in [4.78, 5) is 12.3. The number of carbonyl (C=O) groups is 1. The van der Waals surface area contributed by atoms with Gasteiger partial charge in [0, 0.05) is 24.7 Å². The van der Waals surface area contributed by atoms with Crippen LogP contribution in [0.1, 0.15) is 30.5 Å². The molecule has 0 bridgehead atoms. The third-order valence-electron chi connectivity index (χ3n) is 5.39. The molecule has 3 aromatic rings. The number of nitrogen functional groups attached to an aromatic ring is 1. The fourth-order valence-electron chi connectivity index (χ4n) is 3.65. The molecule has 0 saturated carbocycles. The highest BCUT2D eigenvalue weighted by Gasteiger charge is 2.31. The summed E-state index contributed by atoms with van der Waals surface area (Å²) in [5, 5.41) is 6.02. The molecule has 1 amide bonds. The van der Waals surface area contributed by atoms with Crippen LogP contribution < -0.4 is 15.2 Å². The molecule has 3 N–H and O–H groups in total. The van der Waals surface area contributed by atoms with Gasteiger partial charge in [-0.3, -0.25) is 9.52 Å². The maximum Gasteiger partial charge on any atom is 0.261 e. The monoisotopic (exact) mass is 464 g/mol. The molecule has 4 rings (SSSR count). The third-order valence-corrected chi connectivity index (χ3v) is 6.79. The van der Waals surface area contributed by atoms with E-state index < -0.39 is 10.0 Å². The zero-order valence-electron chi connectivity index (χ0n) is 18.2. The molecule has 1 atom stereocenters. The second-order valence-electron chi connectivity index (χ2n) is 7.66. The zero-order valence-corrected chi connectivity index (χ0v) is 19.0. The van der Waals surface area contributed by atoms with Gasteiger partial charge < -0.3 is 10.5 Å². The summed E-state index contributed by atoms with van der Waals surface area (Å²) in [6.45, 7) is 1.48. The number of sulfonamides is 1. The van der Waals surface area contributed by atoms with Crippen LogP contribution >= 0.6 is 0 Å². The summed E-state index contributed by atoms with van der Waals surface area (Å²) in [7, 11) is -2.13. The van der Waals surface area contributed by atoms with Crippen LogP contribution in [-0.4, -0.2) is 32.2 Å². The number of hydrogen-bond acceptors (Lipinski definition) is 6. The maximum atomic E-state index is 12.6. The van der Waals surface area contributed by atoms with Crippen LogP contribution in [0.4, 0.5) is 11.4 Å². The number of hydrogen-bond donors (Lipinski definition) is 2. The minimum absolute atomic E-state index is 0.125. The third kappa shape index (κ3) is 4.83. The molecule has 0 spiro atoms. The van der Waals surface area contributed by atoms with Gasteiger partial charge in [-0.25, -0.2) is 13.4 Å². The van der Waals surface area contributed by atoms with Crippen molar-refractivity contribution in [2.24, 2.45) is 5.10 Å². The Morgan fingerprint density at radius 3 is 2.24 bits per heavy atom. The Morgan fingerprint density at radius 2 is 1.67 bits per heavy atom. The summed E-state index contributed by atoms with van der Waals surface area (Å²) in [6.07, 6.45) is 0.544. The summed E-state index contributed by atoms with van der Waals surface area (Å²) in [5.74, 6) is 0.586. The van der Waals surface area contributed by atoms with Crippen molar-refractivity contribution in [2.75, 3.05) is 17.6 Å². The predicted molar refractivity (Wildman–Crippen MR) is 128 cm³/mol. The lowest BCUT2D eigenvalue weighted by atomic mass is 9.98. The van der Waals surface area contributed by atoms with Crippen LogP contribution in [0, 0.1) is 0 Å². The van der Waals surface area contributed by atoms with E-state index in [2.05, 4.69) is 9.82 Å². The van der Waals surface area contributed by atoms with Crippen molar-refractivity contribution in [1.82, 2.24) is 5.01 Å². The van der Waals surface area contributed by atoms with Gasteiger partial charge in [0.05, 0.1) is 23.8 Å². The lowest BCUT2D eigenvalue weighted by molar-refractivity contribution is -0.130. The van der Waals surface area contributed by atoms with Crippen LogP contribution in [-0.2, 0) is 14.8 Å². The molecule has 0 unspecified atom stereocenters. The van der Waals surface area contributed by atoms with Crippen molar-refractivity contribution in [3.63, 3.8) is 0 Å². The highest BCUT2D eigenvalue weighted by Crippen LogP contribution is 2.33. The number of nitrogens with two attached hydrogens (primary N) is 1. The molecule has 3 aromatic carbocycles. The molecule has 1 aliphatic rings. The number of nitrogens with one attached hydrogen (secondary N) is 1. The van der Waals surface area contributed by atoms with Crippen molar-refractivity contribution < 1.29 is 17.9 Å². The molecular formula is C24H24N4O4S. The lowest BCUT2D eigenvalue weighted by Gasteiger charge is -2.20. The first-order valence-electron chi connectivity index (χ1n) is 10.3. The van der Waals surface area contributed by atoms with Gasteiger partial charge in [-0.15, -0.1) is 0 Å². The predicted octanol–water partition coefficient (Wildman–Crippen LogP) is 3.78. The Morgan fingerprint density at radius 1 is 1.03 bits per heavy atom.